The summed E-state index contributed by atoms with van der Waals surface area (Å²) in [5.74, 6) is 0. The Labute approximate surface area is 241 Å². The predicted octanol–water partition coefficient (Wildman–Crippen LogP) is 8.53. The monoisotopic (exact) mass is 538 g/mol. The number of nitrogens with zero attached hydrogens (tertiary/aromatic N) is 2. The lowest BCUT2D eigenvalue weighted by atomic mass is 9.88. The topological polar surface area (TPSA) is 48.6 Å². The second-order valence-corrected chi connectivity index (χ2v) is 11.0. The molecule has 0 amide bonds. The van der Waals surface area contributed by atoms with E-state index in [0.717, 1.165) is 32.3 Å². The molecule has 0 unspecified atom stereocenters. The van der Waals surface area contributed by atoms with Crippen molar-refractivity contribution in [3.8, 4) is 24.0 Å². The van der Waals surface area contributed by atoms with Gasteiger partial charge in [0.1, 0.15) is 0 Å². The molecule has 0 spiro atoms. The molecule has 0 radical (unpaired) electrons. The molecule has 2 heterocycles. The van der Waals surface area contributed by atoms with Crippen LogP contribution in [0, 0.1) is 33.6 Å². The molecule has 40 heavy (non-hydrogen) atoms. The first-order valence-corrected chi connectivity index (χ1v) is 13.8. The lowest BCUT2D eigenvalue weighted by molar-refractivity contribution is 0.102. The number of terminal acetylenes is 1. The molecule has 0 bridgehead atoms. The van der Waals surface area contributed by atoms with Gasteiger partial charge in [0.25, 0.3) is 0 Å². The zero-order valence-electron chi connectivity index (χ0n) is 25.3. The van der Waals surface area contributed by atoms with Crippen LogP contribution in [0.4, 0.5) is 5.69 Å². The average molecular weight is 539 g/mol. The van der Waals surface area contributed by atoms with Crippen LogP contribution in [0.15, 0.2) is 73.5 Å². The zero-order chi connectivity index (χ0) is 30.0. The number of hydrogen-bond acceptors (Lipinski definition) is 3. The highest BCUT2D eigenvalue weighted by Gasteiger charge is 2.27. The van der Waals surface area contributed by atoms with Gasteiger partial charge in [0, 0.05) is 30.7 Å². The molecular weight excluding hydrogens is 492 g/mol. The maximum absolute atomic E-state index is 8.52. The number of aliphatic hydroxyl groups is 2. The first-order valence-electron chi connectivity index (χ1n) is 13.8. The van der Waals surface area contributed by atoms with Gasteiger partial charge in [-0.3, -0.25) is 0 Å². The van der Waals surface area contributed by atoms with Crippen molar-refractivity contribution in [1.82, 2.24) is 4.57 Å². The number of benzene rings is 3. The summed E-state index contributed by atoms with van der Waals surface area (Å²) in [6.45, 7) is 20.3. The average Bonchev–Trinajstić information content (AvgIpc) is 3.24. The van der Waals surface area contributed by atoms with Gasteiger partial charge in [-0.05, 0) is 81.8 Å². The molecule has 2 N–H and O–H groups in total. The van der Waals surface area contributed by atoms with Gasteiger partial charge >= 0.3 is 0 Å². The standard InChI is InChI=1S/C28H30N2.C4H10O.C2H4O.C2H2/c1-5-24-21(4)27-28-25(26(24)23-13-11-19(2)12-14-23)17-20(3)30(28)16-15-29(27)18-22-9-7-6-8-10-22;1-4(2,3)5;1-2-3;1-2/h6-14,17H,5,15-16,18H2,1-4H3;5H,1-3H3;2-3H,1H2;1-2H. The van der Waals surface area contributed by atoms with Gasteiger partial charge < -0.3 is 19.7 Å². The Kier molecular flexibility index (Phi) is 11.7. The molecule has 1 aromatic heterocycles. The van der Waals surface area contributed by atoms with Crippen molar-refractivity contribution in [2.45, 2.75) is 73.6 Å². The van der Waals surface area contributed by atoms with Crippen LogP contribution < -0.4 is 4.90 Å². The fraction of sp³-hybridized carbons (Fsp3) is 0.333. The number of rotatable bonds is 4. The van der Waals surface area contributed by atoms with Crippen molar-refractivity contribution in [2.75, 3.05) is 11.4 Å². The van der Waals surface area contributed by atoms with E-state index in [1.54, 1.807) is 20.8 Å². The summed E-state index contributed by atoms with van der Waals surface area (Å²) in [5, 5.41) is 17.3. The van der Waals surface area contributed by atoms with Crippen molar-refractivity contribution in [1.29, 1.82) is 0 Å². The van der Waals surface area contributed by atoms with Crippen LogP contribution in [0.1, 0.15) is 55.6 Å². The van der Waals surface area contributed by atoms with Crippen LogP contribution >= 0.6 is 0 Å². The maximum Gasteiger partial charge on any atom is 0.0730 e. The molecule has 1 aliphatic rings. The molecule has 212 valence electrons. The van der Waals surface area contributed by atoms with E-state index in [2.05, 4.69) is 117 Å². The van der Waals surface area contributed by atoms with E-state index >= 15 is 0 Å². The van der Waals surface area contributed by atoms with Gasteiger partial charge in [0.2, 0.25) is 0 Å². The number of hydrogen-bond donors (Lipinski definition) is 2. The number of aryl methyl sites for hydroxylation is 2. The Morgan fingerprint density at radius 1 is 0.950 bits per heavy atom. The molecular formula is C36H46N2O2. The van der Waals surface area contributed by atoms with E-state index in [1.165, 1.54) is 55.7 Å². The zero-order valence-corrected chi connectivity index (χ0v) is 25.3. The summed E-state index contributed by atoms with van der Waals surface area (Å²) in [7, 11) is 0. The van der Waals surface area contributed by atoms with Gasteiger partial charge in [-0.25, -0.2) is 0 Å². The Balaban J connectivity index is 0.000000491. The quantitative estimate of drug-likeness (QED) is 0.202. The molecule has 0 saturated heterocycles. The molecule has 0 fully saturated rings. The van der Waals surface area contributed by atoms with Crippen LogP contribution in [0.3, 0.4) is 0 Å². The summed E-state index contributed by atoms with van der Waals surface area (Å²) >= 11 is 0. The van der Waals surface area contributed by atoms with E-state index in [-0.39, 0.29) is 0 Å². The normalized spacial score (nSPS) is 11.8. The highest BCUT2D eigenvalue weighted by Crippen LogP contribution is 2.45. The van der Waals surface area contributed by atoms with Crippen LogP contribution in [0.2, 0.25) is 0 Å². The van der Waals surface area contributed by atoms with Crippen LogP contribution in [-0.2, 0) is 19.5 Å². The third-order valence-corrected chi connectivity index (χ3v) is 6.73. The van der Waals surface area contributed by atoms with Crippen molar-refractivity contribution < 1.29 is 10.2 Å². The second kappa shape index (κ2) is 14.4. The minimum atomic E-state index is -0.500. The predicted molar refractivity (Wildman–Crippen MR) is 173 cm³/mol. The Bertz CT molecular complexity index is 1400. The molecule has 0 atom stereocenters. The van der Waals surface area contributed by atoms with Crippen LogP contribution in [0.5, 0.6) is 0 Å². The summed E-state index contributed by atoms with van der Waals surface area (Å²) in [6, 6.07) is 22.4. The van der Waals surface area contributed by atoms with E-state index < -0.39 is 5.60 Å². The van der Waals surface area contributed by atoms with Gasteiger partial charge in [-0.1, -0.05) is 73.7 Å². The minimum Gasteiger partial charge on any atom is -0.516 e. The smallest absolute Gasteiger partial charge is 0.0730 e. The molecule has 0 saturated carbocycles. The van der Waals surface area contributed by atoms with E-state index in [0.29, 0.717) is 0 Å². The first kappa shape index (κ1) is 32.3. The van der Waals surface area contributed by atoms with Crippen LogP contribution in [-0.4, -0.2) is 26.9 Å². The molecule has 4 nitrogen and oxygen atoms in total. The molecule has 5 rings (SSSR count). The summed E-state index contributed by atoms with van der Waals surface area (Å²) in [6.07, 6.45) is 9.79. The number of aromatic nitrogens is 1. The Morgan fingerprint density at radius 2 is 1.50 bits per heavy atom. The van der Waals surface area contributed by atoms with E-state index in [4.69, 9.17) is 10.2 Å². The third kappa shape index (κ3) is 7.81. The highest BCUT2D eigenvalue weighted by atomic mass is 16.3. The molecule has 4 aromatic rings. The van der Waals surface area contributed by atoms with Crippen molar-refractivity contribution in [3.05, 3.63) is 101 Å². The number of anilines is 1. The van der Waals surface area contributed by atoms with E-state index in [1.807, 2.05) is 0 Å². The van der Waals surface area contributed by atoms with Gasteiger partial charge in [-0.2, -0.15) is 0 Å². The first-order chi connectivity index (χ1) is 19.0. The molecule has 0 aliphatic carbocycles. The molecule has 4 heteroatoms. The van der Waals surface area contributed by atoms with Crippen molar-refractivity contribution in [2.24, 2.45) is 0 Å². The second-order valence-electron chi connectivity index (χ2n) is 11.0. The SMILES string of the molecule is C#C.C=CO.CC(C)(C)O.CCc1c(C)c2c3c(cc(C)n3CCN2Cc2ccccc2)c1-c1ccc(C)cc1. The van der Waals surface area contributed by atoms with Gasteiger partial charge in [0.15, 0.2) is 0 Å². The highest BCUT2D eigenvalue weighted by molar-refractivity contribution is 6.06. The minimum absolute atomic E-state index is 0.500. The van der Waals surface area contributed by atoms with Gasteiger partial charge in [0.05, 0.1) is 23.1 Å². The number of aliphatic hydroxyl groups excluding tert-OH is 1. The Hall–Kier alpha value is -3.94. The summed E-state index contributed by atoms with van der Waals surface area (Å²) in [5.41, 5.74) is 12.1. The van der Waals surface area contributed by atoms with Crippen LogP contribution in [0.25, 0.3) is 22.0 Å². The maximum atomic E-state index is 8.52. The summed E-state index contributed by atoms with van der Waals surface area (Å²) in [4.78, 5) is 2.60. The summed E-state index contributed by atoms with van der Waals surface area (Å²) < 4.78 is 2.54. The largest absolute Gasteiger partial charge is 0.516 e. The third-order valence-electron chi connectivity index (χ3n) is 6.73. The van der Waals surface area contributed by atoms with Crippen molar-refractivity contribution in [3.63, 3.8) is 0 Å². The van der Waals surface area contributed by atoms with Crippen molar-refractivity contribution >= 4 is 16.6 Å². The van der Waals surface area contributed by atoms with Gasteiger partial charge in [-0.15, -0.1) is 12.8 Å². The lowest BCUT2D eigenvalue weighted by Crippen LogP contribution is -2.32. The fourth-order valence-electron chi connectivity index (χ4n) is 5.25. The van der Waals surface area contributed by atoms with E-state index in [9.17, 15) is 0 Å². The lowest BCUT2D eigenvalue weighted by Gasteiger charge is -2.34. The Morgan fingerprint density at radius 3 is 2.02 bits per heavy atom. The molecule has 3 aromatic carbocycles. The molecule has 1 aliphatic heterocycles. The fourth-order valence-corrected chi connectivity index (χ4v) is 5.25.